The van der Waals surface area contributed by atoms with Gasteiger partial charge in [-0.3, -0.25) is 9.78 Å². The number of halogens is 1. The van der Waals surface area contributed by atoms with Crippen LogP contribution in [0.1, 0.15) is 28.4 Å². The number of ether oxygens (including phenoxy) is 1. The number of hydrogen-bond acceptors (Lipinski definition) is 5. The molecule has 0 spiro atoms. The molecule has 0 amide bonds. The summed E-state index contributed by atoms with van der Waals surface area (Å²) in [5, 5.41) is 9.73. The Morgan fingerprint density at radius 1 is 1.28 bits per heavy atom. The molecule has 1 atom stereocenters. The third kappa shape index (κ3) is 3.43. The highest BCUT2D eigenvalue weighted by Crippen LogP contribution is 2.40. The van der Waals surface area contributed by atoms with Gasteiger partial charge >= 0.3 is 0 Å². The number of nitrogens with zero attached hydrogens (tertiary/aromatic N) is 3. The van der Waals surface area contributed by atoms with Crippen LogP contribution in [0.15, 0.2) is 75.5 Å². The zero-order valence-electron chi connectivity index (χ0n) is 15.6. The first-order chi connectivity index (χ1) is 14.0. The van der Waals surface area contributed by atoms with Gasteiger partial charge in [-0.2, -0.15) is 5.26 Å². The van der Waals surface area contributed by atoms with Crippen LogP contribution >= 0.6 is 15.9 Å². The molecule has 0 radical (unpaired) electrons. The minimum Gasteiger partial charge on any atom is -0.440 e. The van der Waals surface area contributed by atoms with E-state index in [1.165, 1.54) is 0 Å². The number of aromatic nitrogens is 2. The quantitative estimate of drug-likeness (QED) is 0.660. The lowest BCUT2D eigenvalue weighted by Crippen LogP contribution is -2.33. The van der Waals surface area contributed by atoms with Crippen molar-refractivity contribution in [2.45, 2.75) is 19.4 Å². The van der Waals surface area contributed by atoms with E-state index in [9.17, 15) is 10.1 Å². The summed E-state index contributed by atoms with van der Waals surface area (Å²) in [6.07, 6.45) is 1.69. The van der Waals surface area contributed by atoms with E-state index in [0.717, 1.165) is 21.4 Å². The molecule has 1 unspecified atom stereocenters. The summed E-state index contributed by atoms with van der Waals surface area (Å²) in [5.41, 5.74) is 8.72. The summed E-state index contributed by atoms with van der Waals surface area (Å²) in [5.74, 6) is -0.191. The van der Waals surface area contributed by atoms with Crippen molar-refractivity contribution in [1.82, 2.24) is 9.55 Å². The molecule has 2 N–H and O–H groups in total. The second-order valence-electron chi connectivity index (χ2n) is 6.75. The molecule has 1 aliphatic rings. The second kappa shape index (κ2) is 7.57. The van der Waals surface area contributed by atoms with Crippen LogP contribution in [0.25, 0.3) is 0 Å². The van der Waals surface area contributed by atoms with Gasteiger partial charge in [-0.25, -0.2) is 0 Å². The first kappa shape index (κ1) is 19.0. The van der Waals surface area contributed by atoms with Gasteiger partial charge in [0.25, 0.3) is 5.56 Å². The fourth-order valence-electron chi connectivity index (χ4n) is 3.52. The molecule has 0 saturated heterocycles. The number of aryl methyl sites for hydroxylation is 1. The molecule has 3 aromatic rings. The van der Waals surface area contributed by atoms with Crippen molar-refractivity contribution in [3.05, 3.63) is 104 Å². The van der Waals surface area contributed by atoms with Gasteiger partial charge in [0.05, 0.1) is 23.7 Å². The van der Waals surface area contributed by atoms with Crippen molar-refractivity contribution in [1.29, 1.82) is 5.26 Å². The third-order valence-electron chi connectivity index (χ3n) is 4.94. The van der Waals surface area contributed by atoms with Crippen LogP contribution in [0, 0.1) is 18.3 Å². The van der Waals surface area contributed by atoms with Crippen LogP contribution in [-0.2, 0) is 6.54 Å². The molecular weight excluding hydrogens is 432 g/mol. The third-order valence-corrected chi connectivity index (χ3v) is 5.47. The van der Waals surface area contributed by atoms with Crippen LogP contribution in [0.3, 0.4) is 0 Å². The van der Waals surface area contributed by atoms with Gasteiger partial charge in [0.1, 0.15) is 17.4 Å². The lowest BCUT2D eigenvalue weighted by atomic mass is 9.84. The van der Waals surface area contributed by atoms with Gasteiger partial charge in [-0.05, 0) is 36.8 Å². The van der Waals surface area contributed by atoms with Crippen molar-refractivity contribution >= 4 is 15.9 Å². The molecule has 144 valence electrons. The maximum absolute atomic E-state index is 13.5. The number of fused-ring (bicyclic) bond motifs is 1. The average molecular weight is 449 g/mol. The molecule has 0 aliphatic carbocycles. The molecule has 4 rings (SSSR count). The highest BCUT2D eigenvalue weighted by molar-refractivity contribution is 9.10. The maximum Gasteiger partial charge on any atom is 0.259 e. The number of pyridine rings is 2. The van der Waals surface area contributed by atoms with Gasteiger partial charge in [0.15, 0.2) is 0 Å². The molecule has 3 heterocycles. The van der Waals surface area contributed by atoms with E-state index in [1.54, 1.807) is 16.8 Å². The van der Waals surface area contributed by atoms with Gasteiger partial charge < -0.3 is 15.0 Å². The molecule has 1 aliphatic heterocycles. The fourth-order valence-corrected chi connectivity index (χ4v) is 3.79. The minimum atomic E-state index is -0.597. The van der Waals surface area contributed by atoms with Gasteiger partial charge in [0, 0.05) is 22.4 Å². The molecule has 0 bridgehead atoms. The van der Waals surface area contributed by atoms with Crippen LogP contribution in [0.2, 0.25) is 0 Å². The van der Waals surface area contributed by atoms with Crippen molar-refractivity contribution in [2.75, 3.05) is 0 Å². The Kier molecular flexibility index (Phi) is 4.95. The van der Waals surface area contributed by atoms with E-state index in [1.807, 2.05) is 49.4 Å². The summed E-state index contributed by atoms with van der Waals surface area (Å²) < 4.78 is 8.22. The lowest BCUT2D eigenvalue weighted by molar-refractivity contribution is 0.389. The van der Waals surface area contributed by atoms with E-state index < -0.39 is 5.92 Å². The zero-order valence-corrected chi connectivity index (χ0v) is 17.2. The number of nitriles is 1. The molecule has 29 heavy (non-hydrogen) atoms. The number of nitrogens with two attached hydrogens (primary N) is 1. The Balaban J connectivity index is 1.92. The minimum absolute atomic E-state index is 0.0224. The van der Waals surface area contributed by atoms with Gasteiger partial charge in [-0.15, -0.1) is 0 Å². The molecule has 7 heteroatoms. The van der Waals surface area contributed by atoms with E-state index >= 15 is 0 Å². The van der Waals surface area contributed by atoms with Gasteiger partial charge in [0.2, 0.25) is 5.88 Å². The van der Waals surface area contributed by atoms with E-state index in [2.05, 4.69) is 27.0 Å². The average Bonchev–Trinajstić information content (AvgIpc) is 2.71. The summed E-state index contributed by atoms with van der Waals surface area (Å²) >= 11 is 3.42. The molecule has 0 saturated carbocycles. The largest absolute Gasteiger partial charge is 0.440 e. The number of rotatable bonds is 3. The maximum atomic E-state index is 13.5. The summed E-state index contributed by atoms with van der Waals surface area (Å²) in [4.78, 5) is 17.9. The predicted octanol–water partition coefficient (Wildman–Crippen LogP) is 3.58. The topological polar surface area (TPSA) is 93.9 Å². The molecule has 2 aromatic heterocycles. The standard InChI is InChI=1S/C22H17BrN4O2/c1-13-10-18-20(22(28)27(13)12-16-4-2-3-9-26-16)19(17(11-24)21(25)29-18)14-5-7-15(23)8-6-14/h2-10,19H,12,25H2,1H3. The Labute approximate surface area is 176 Å². The van der Waals surface area contributed by atoms with E-state index in [0.29, 0.717) is 17.9 Å². The fraction of sp³-hybridized carbons (Fsp3) is 0.136. The van der Waals surface area contributed by atoms with Crippen LogP contribution < -0.4 is 16.0 Å². The molecular formula is C22H17BrN4O2. The number of benzene rings is 1. The van der Waals surface area contributed by atoms with Crippen molar-refractivity contribution in [3.63, 3.8) is 0 Å². The number of allylic oxidation sites excluding steroid dienone is 1. The summed E-state index contributed by atoms with van der Waals surface area (Å²) in [6, 6.07) is 17.0. The monoisotopic (exact) mass is 448 g/mol. The predicted molar refractivity (Wildman–Crippen MR) is 112 cm³/mol. The first-order valence-electron chi connectivity index (χ1n) is 8.97. The van der Waals surface area contributed by atoms with Crippen LogP contribution in [-0.4, -0.2) is 9.55 Å². The normalized spacial score (nSPS) is 15.4. The Hall–Kier alpha value is -3.37. The Morgan fingerprint density at radius 3 is 2.69 bits per heavy atom. The molecule has 6 nitrogen and oxygen atoms in total. The van der Waals surface area contributed by atoms with Gasteiger partial charge in [-0.1, -0.05) is 34.1 Å². The van der Waals surface area contributed by atoms with Crippen molar-refractivity contribution < 1.29 is 4.74 Å². The first-order valence-corrected chi connectivity index (χ1v) is 9.76. The smallest absolute Gasteiger partial charge is 0.259 e. The number of hydrogen-bond donors (Lipinski definition) is 1. The van der Waals surface area contributed by atoms with Crippen molar-refractivity contribution in [3.8, 4) is 11.8 Å². The summed E-state index contributed by atoms with van der Waals surface area (Å²) in [7, 11) is 0. The lowest BCUT2D eigenvalue weighted by Gasteiger charge is -2.27. The highest BCUT2D eigenvalue weighted by Gasteiger charge is 2.34. The second-order valence-corrected chi connectivity index (χ2v) is 7.67. The Morgan fingerprint density at radius 2 is 2.03 bits per heavy atom. The highest BCUT2D eigenvalue weighted by atomic mass is 79.9. The summed E-state index contributed by atoms with van der Waals surface area (Å²) in [6.45, 7) is 2.16. The van der Waals surface area contributed by atoms with E-state index in [4.69, 9.17) is 10.5 Å². The van der Waals surface area contributed by atoms with Crippen LogP contribution in [0.4, 0.5) is 0 Å². The Bertz CT molecular complexity index is 1210. The SMILES string of the molecule is Cc1cc2c(c(=O)n1Cc1ccccn1)C(c1ccc(Br)cc1)C(C#N)=C(N)O2. The molecule has 0 fully saturated rings. The van der Waals surface area contributed by atoms with Crippen LogP contribution in [0.5, 0.6) is 5.75 Å². The molecule has 1 aromatic carbocycles. The zero-order chi connectivity index (χ0) is 20.5. The van der Waals surface area contributed by atoms with Crippen molar-refractivity contribution in [2.24, 2.45) is 5.73 Å². The van der Waals surface area contributed by atoms with E-state index in [-0.39, 0.29) is 17.0 Å².